The highest BCUT2D eigenvalue weighted by Gasteiger charge is 2.51. The minimum atomic E-state index is -0.329. The lowest BCUT2D eigenvalue weighted by molar-refractivity contribution is -0.0687. The molecule has 1 N–H and O–H groups in total. The van der Waals surface area contributed by atoms with Gasteiger partial charge >= 0.3 is 7.12 Å². The second kappa shape index (κ2) is 7.31. The predicted molar refractivity (Wildman–Crippen MR) is 111 cm³/mol. The molecule has 1 aliphatic carbocycles. The third-order valence-corrected chi connectivity index (χ3v) is 7.34. The Balaban J connectivity index is 1.21. The first kappa shape index (κ1) is 20.2. The Bertz CT molecular complexity index is 658. The Morgan fingerprint density at radius 3 is 2.14 bits per heavy atom. The van der Waals surface area contributed by atoms with Gasteiger partial charge in [-0.3, -0.25) is 4.90 Å². The molecule has 4 rings (SSSR count). The highest BCUT2D eigenvalue weighted by molar-refractivity contribution is 6.62. The first-order valence-corrected chi connectivity index (χ1v) is 10.7. The van der Waals surface area contributed by atoms with Gasteiger partial charge in [0.15, 0.2) is 0 Å². The maximum absolute atomic E-state index is 9.59. The van der Waals surface area contributed by atoms with Gasteiger partial charge in [-0.1, -0.05) is 12.1 Å². The monoisotopic (exact) mass is 387 g/mol. The number of hydrogen-bond acceptors (Lipinski definition) is 5. The van der Waals surface area contributed by atoms with Crippen LogP contribution in [0.1, 0.15) is 53.4 Å². The SMILES string of the molecule is CC1(C)OB(c2ccc(OCCN3CCC4(CC3)CC(O)C4)cc2)OC1(C)C. The van der Waals surface area contributed by atoms with Gasteiger partial charge in [0.25, 0.3) is 0 Å². The van der Waals surface area contributed by atoms with Crippen molar-refractivity contribution >= 4 is 12.6 Å². The van der Waals surface area contributed by atoms with Gasteiger partial charge in [0, 0.05) is 6.54 Å². The fraction of sp³-hybridized carbons (Fsp3) is 0.727. The van der Waals surface area contributed by atoms with Gasteiger partial charge in [0.05, 0.1) is 17.3 Å². The van der Waals surface area contributed by atoms with Gasteiger partial charge < -0.3 is 19.2 Å². The van der Waals surface area contributed by atoms with Crippen LogP contribution in [-0.4, -0.2) is 60.7 Å². The van der Waals surface area contributed by atoms with Crippen LogP contribution in [0.2, 0.25) is 0 Å². The molecule has 1 saturated carbocycles. The van der Waals surface area contributed by atoms with Crippen LogP contribution in [0.15, 0.2) is 24.3 Å². The number of aliphatic hydroxyl groups excluding tert-OH is 1. The van der Waals surface area contributed by atoms with Gasteiger partial charge in [0.1, 0.15) is 12.4 Å². The normalized spacial score (nSPS) is 26.4. The highest BCUT2D eigenvalue weighted by Crippen LogP contribution is 2.48. The summed E-state index contributed by atoms with van der Waals surface area (Å²) in [6, 6.07) is 8.07. The molecule has 6 heteroatoms. The smallest absolute Gasteiger partial charge is 0.492 e. The summed E-state index contributed by atoms with van der Waals surface area (Å²) in [7, 11) is -0.329. The maximum Gasteiger partial charge on any atom is 0.494 e. The summed E-state index contributed by atoms with van der Waals surface area (Å²) < 4.78 is 18.2. The summed E-state index contributed by atoms with van der Waals surface area (Å²) in [5.41, 5.74) is 0.824. The fourth-order valence-electron chi connectivity index (χ4n) is 4.59. The number of benzene rings is 1. The van der Waals surface area contributed by atoms with E-state index < -0.39 is 0 Å². The Morgan fingerprint density at radius 1 is 1.04 bits per heavy atom. The zero-order chi connectivity index (χ0) is 20.0. The van der Waals surface area contributed by atoms with E-state index in [0.717, 1.165) is 43.7 Å². The van der Waals surface area contributed by atoms with Crippen molar-refractivity contribution in [2.75, 3.05) is 26.2 Å². The molecule has 1 spiro atoms. The molecule has 0 aromatic heterocycles. The molecular weight excluding hydrogens is 353 g/mol. The van der Waals surface area contributed by atoms with Crippen molar-refractivity contribution in [3.8, 4) is 5.75 Å². The summed E-state index contributed by atoms with van der Waals surface area (Å²) in [6.07, 6.45) is 4.40. The summed E-state index contributed by atoms with van der Waals surface area (Å²) in [6.45, 7) is 12.2. The van der Waals surface area contributed by atoms with Crippen molar-refractivity contribution in [3.05, 3.63) is 24.3 Å². The van der Waals surface area contributed by atoms with E-state index in [1.807, 2.05) is 24.3 Å². The molecule has 3 aliphatic rings. The number of piperidine rings is 1. The van der Waals surface area contributed by atoms with Crippen LogP contribution in [0.3, 0.4) is 0 Å². The third-order valence-electron chi connectivity index (χ3n) is 7.34. The van der Waals surface area contributed by atoms with Crippen LogP contribution < -0.4 is 10.2 Å². The van der Waals surface area contributed by atoms with Gasteiger partial charge in [0.2, 0.25) is 0 Å². The Labute approximate surface area is 169 Å². The highest BCUT2D eigenvalue weighted by atomic mass is 16.7. The molecular formula is C22H34BNO4. The minimum absolute atomic E-state index is 0.0463. The maximum atomic E-state index is 9.59. The summed E-state index contributed by atoms with van der Waals surface area (Å²) in [5, 5.41) is 9.59. The van der Waals surface area contributed by atoms with Crippen molar-refractivity contribution in [2.24, 2.45) is 5.41 Å². The van der Waals surface area contributed by atoms with Crippen LogP contribution in [0.25, 0.3) is 0 Å². The van der Waals surface area contributed by atoms with E-state index in [1.54, 1.807) is 0 Å². The average Bonchev–Trinajstić information content (AvgIpc) is 2.84. The predicted octanol–water partition coefficient (Wildman–Crippen LogP) is 2.60. The fourth-order valence-corrected chi connectivity index (χ4v) is 4.59. The van der Waals surface area contributed by atoms with Gasteiger partial charge in [-0.15, -0.1) is 0 Å². The van der Waals surface area contributed by atoms with E-state index in [1.165, 1.54) is 12.8 Å². The largest absolute Gasteiger partial charge is 0.494 e. The second-order valence-electron chi connectivity index (χ2n) is 9.91. The molecule has 28 heavy (non-hydrogen) atoms. The Morgan fingerprint density at radius 2 is 1.61 bits per heavy atom. The van der Waals surface area contributed by atoms with Crippen LogP contribution in [-0.2, 0) is 9.31 Å². The molecule has 3 fully saturated rings. The summed E-state index contributed by atoms with van der Waals surface area (Å²) in [5.74, 6) is 0.885. The summed E-state index contributed by atoms with van der Waals surface area (Å²) >= 11 is 0. The first-order chi connectivity index (χ1) is 13.2. The quantitative estimate of drug-likeness (QED) is 0.788. The van der Waals surface area contributed by atoms with Gasteiger partial charge in [-0.25, -0.2) is 0 Å². The molecule has 2 saturated heterocycles. The number of hydrogen-bond donors (Lipinski definition) is 1. The zero-order valence-electron chi connectivity index (χ0n) is 17.7. The molecule has 2 aliphatic heterocycles. The minimum Gasteiger partial charge on any atom is -0.492 e. The molecule has 2 heterocycles. The molecule has 0 atom stereocenters. The average molecular weight is 387 g/mol. The second-order valence-corrected chi connectivity index (χ2v) is 9.91. The molecule has 0 unspecified atom stereocenters. The van der Waals surface area contributed by atoms with Crippen molar-refractivity contribution in [3.63, 3.8) is 0 Å². The van der Waals surface area contributed by atoms with E-state index in [9.17, 15) is 5.11 Å². The van der Waals surface area contributed by atoms with E-state index >= 15 is 0 Å². The van der Waals surface area contributed by atoms with Crippen LogP contribution in [0.4, 0.5) is 0 Å². The number of likely N-dealkylation sites (tertiary alicyclic amines) is 1. The molecule has 5 nitrogen and oxygen atoms in total. The lowest BCUT2D eigenvalue weighted by Crippen LogP contribution is -2.49. The van der Waals surface area contributed by atoms with E-state index in [-0.39, 0.29) is 24.4 Å². The Hall–Kier alpha value is -1.08. The van der Waals surface area contributed by atoms with E-state index in [0.29, 0.717) is 12.0 Å². The standard InChI is InChI=1S/C22H34BNO4/c1-20(2)21(3,4)28-23(27-20)17-5-7-19(8-6-17)26-14-13-24-11-9-22(10-12-24)15-18(25)16-22/h5-8,18,25H,9-16H2,1-4H3. The zero-order valence-corrected chi connectivity index (χ0v) is 17.7. The third kappa shape index (κ3) is 3.97. The molecule has 0 radical (unpaired) electrons. The van der Waals surface area contributed by atoms with E-state index in [2.05, 4.69) is 32.6 Å². The number of rotatable bonds is 5. The Kier molecular flexibility index (Phi) is 5.28. The van der Waals surface area contributed by atoms with Crippen LogP contribution in [0, 0.1) is 5.41 Å². The molecule has 154 valence electrons. The number of nitrogens with zero attached hydrogens (tertiary/aromatic N) is 1. The molecule has 1 aromatic rings. The molecule has 0 bridgehead atoms. The number of ether oxygens (including phenoxy) is 1. The van der Waals surface area contributed by atoms with Crippen molar-refractivity contribution in [2.45, 2.75) is 70.7 Å². The van der Waals surface area contributed by atoms with Crippen molar-refractivity contribution < 1.29 is 19.2 Å². The molecule has 1 aromatic carbocycles. The van der Waals surface area contributed by atoms with E-state index in [4.69, 9.17) is 14.0 Å². The lowest BCUT2D eigenvalue weighted by atomic mass is 9.61. The van der Waals surface area contributed by atoms with Crippen molar-refractivity contribution in [1.29, 1.82) is 0 Å². The van der Waals surface area contributed by atoms with Gasteiger partial charge in [-0.2, -0.15) is 0 Å². The molecule has 0 amide bonds. The van der Waals surface area contributed by atoms with Crippen LogP contribution in [0.5, 0.6) is 5.75 Å². The van der Waals surface area contributed by atoms with Gasteiger partial charge in [-0.05, 0) is 89.5 Å². The van der Waals surface area contributed by atoms with Crippen molar-refractivity contribution in [1.82, 2.24) is 4.90 Å². The lowest BCUT2D eigenvalue weighted by Gasteiger charge is -2.50. The van der Waals surface area contributed by atoms with Crippen LogP contribution >= 0.6 is 0 Å². The number of aliphatic hydroxyl groups is 1. The summed E-state index contributed by atoms with van der Waals surface area (Å²) in [4.78, 5) is 2.48. The topological polar surface area (TPSA) is 51.2 Å². The first-order valence-electron chi connectivity index (χ1n) is 10.7.